The predicted octanol–water partition coefficient (Wildman–Crippen LogP) is 1.83. The Kier molecular flexibility index (Phi) is 6.40. The van der Waals surface area contributed by atoms with Gasteiger partial charge in [0.25, 0.3) is 5.91 Å². The van der Waals surface area contributed by atoms with E-state index in [0.29, 0.717) is 5.69 Å². The fourth-order valence-electron chi connectivity index (χ4n) is 2.92. The summed E-state index contributed by atoms with van der Waals surface area (Å²) in [6.07, 6.45) is 0.998. The number of rotatable bonds is 7. The van der Waals surface area contributed by atoms with E-state index in [4.69, 9.17) is 4.74 Å². The van der Waals surface area contributed by atoms with E-state index in [1.54, 1.807) is 19.0 Å². The van der Waals surface area contributed by atoms with Crippen molar-refractivity contribution in [3.05, 3.63) is 36.0 Å². The number of carbonyl (C=O) groups excluding carboxylic acids is 1. The van der Waals surface area contributed by atoms with Gasteiger partial charge in [0.1, 0.15) is 5.75 Å². The van der Waals surface area contributed by atoms with E-state index in [9.17, 15) is 4.79 Å². The molecule has 140 valence electrons. The highest BCUT2D eigenvalue weighted by Crippen LogP contribution is 2.21. The smallest absolute Gasteiger partial charge is 0.276 e. The molecule has 0 N–H and O–H groups in total. The lowest BCUT2D eigenvalue weighted by atomic mass is 10.2. The van der Waals surface area contributed by atoms with Gasteiger partial charge < -0.3 is 14.5 Å². The topological polar surface area (TPSA) is 61.8 Å². The second-order valence-electron chi connectivity index (χ2n) is 6.48. The number of amides is 1. The molecule has 2 heterocycles. The average molecular weight is 375 g/mol. The van der Waals surface area contributed by atoms with Crippen LogP contribution in [0.1, 0.15) is 16.9 Å². The zero-order chi connectivity index (χ0) is 18.4. The van der Waals surface area contributed by atoms with Crippen molar-refractivity contribution in [3.63, 3.8) is 0 Å². The van der Waals surface area contributed by atoms with Crippen molar-refractivity contribution in [2.24, 2.45) is 0 Å². The van der Waals surface area contributed by atoms with Crippen LogP contribution in [0.25, 0.3) is 0 Å². The van der Waals surface area contributed by atoms with Gasteiger partial charge >= 0.3 is 0 Å². The second kappa shape index (κ2) is 8.95. The maximum Gasteiger partial charge on any atom is 0.276 e. The number of carbonyl (C=O) groups is 1. The maximum atomic E-state index is 12.2. The third-order valence-electron chi connectivity index (χ3n) is 4.38. The summed E-state index contributed by atoms with van der Waals surface area (Å²) in [5, 5.41) is 0. The van der Waals surface area contributed by atoms with E-state index in [1.165, 1.54) is 0 Å². The van der Waals surface area contributed by atoms with Crippen molar-refractivity contribution in [1.82, 2.24) is 18.5 Å². The molecular formula is C18H25N5O2S. The molecule has 1 fully saturated rings. The van der Waals surface area contributed by atoms with Gasteiger partial charge in [-0.3, -0.25) is 9.69 Å². The van der Waals surface area contributed by atoms with Gasteiger partial charge in [0.15, 0.2) is 11.5 Å². The first-order valence-corrected chi connectivity index (χ1v) is 9.57. The number of hydrogen-bond donors (Lipinski definition) is 0. The third-order valence-corrected chi connectivity index (χ3v) is 4.90. The molecule has 1 aromatic heterocycles. The summed E-state index contributed by atoms with van der Waals surface area (Å²) in [6.45, 7) is 5.37. The molecular weight excluding hydrogens is 350 g/mol. The molecule has 0 spiro atoms. The van der Waals surface area contributed by atoms with E-state index in [2.05, 4.69) is 18.5 Å². The van der Waals surface area contributed by atoms with Crippen LogP contribution in [-0.4, -0.2) is 77.9 Å². The van der Waals surface area contributed by atoms with Crippen LogP contribution in [0.2, 0.25) is 0 Å². The van der Waals surface area contributed by atoms with Crippen LogP contribution in [0.15, 0.2) is 30.3 Å². The first-order chi connectivity index (χ1) is 12.6. The molecule has 26 heavy (non-hydrogen) atoms. The lowest BCUT2D eigenvalue weighted by molar-refractivity contribution is 0.0823. The van der Waals surface area contributed by atoms with E-state index in [0.717, 1.165) is 69.0 Å². The molecule has 0 saturated carbocycles. The number of hydrogen-bond acceptors (Lipinski definition) is 7. The molecule has 0 bridgehead atoms. The Morgan fingerprint density at radius 2 is 1.88 bits per heavy atom. The monoisotopic (exact) mass is 375 g/mol. The summed E-state index contributed by atoms with van der Waals surface area (Å²) in [6, 6.07) is 9.91. The first-order valence-electron chi connectivity index (χ1n) is 8.84. The van der Waals surface area contributed by atoms with E-state index in [1.807, 2.05) is 30.3 Å². The van der Waals surface area contributed by atoms with Crippen molar-refractivity contribution >= 4 is 23.5 Å². The highest BCUT2D eigenvalue weighted by molar-refractivity contribution is 6.99. The Morgan fingerprint density at radius 1 is 1.15 bits per heavy atom. The molecule has 8 heteroatoms. The third kappa shape index (κ3) is 4.70. The molecule has 3 rings (SSSR count). The Morgan fingerprint density at radius 3 is 2.58 bits per heavy atom. The molecule has 0 aliphatic carbocycles. The number of aromatic nitrogens is 2. The van der Waals surface area contributed by atoms with Crippen LogP contribution in [0.5, 0.6) is 5.75 Å². The van der Waals surface area contributed by atoms with Crippen LogP contribution in [0.3, 0.4) is 0 Å². The van der Waals surface area contributed by atoms with Gasteiger partial charge in [-0.05, 0) is 18.6 Å². The number of anilines is 1. The zero-order valence-corrected chi connectivity index (χ0v) is 16.1. The van der Waals surface area contributed by atoms with E-state index >= 15 is 0 Å². The van der Waals surface area contributed by atoms with Crippen LogP contribution < -0.4 is 9.64 Å². The molecule has 1 saturated heterocycles. The zero-order valence-electron chi connectivity index (χ0n) is 15.3. The highest BCUT2D eigenvalue weighted by Gasteiger charge is 2.25. The molecule has 1 aliphatic rings. The number of ether oxygens (including phenoxy) is 1. The van der Waals surface area contributed by atoms with E-state index in [-0.39, 0.29) is 5.91 Å². The summed E-state index contributed by atoms with van der Waals surface area (Å²) in [7, 11) is 3.47. The molecule has 0 unspecified atom stereocenters. The normalized spacial score (nSPS) is 15.1. The Hall–Kier alpha value is -2.19. The average Bonchev–Trinajstić information content (AvgIpc) is 3.15. The van der Waals surface area contributed by atoms with Gasteiger partial charge in [0.05, 0.1) is 18.3 Å². The lowest BCUT2D eigenvalue weighted by Crippen LogP contribution is -2.47. The summed E-state index contributed by atoms with van der Waals surface area (Å²) < 4.78 is 14.3. The number of piperazine rings is 1. The largest absolute Gasteiger partial charge is 0.494 e. The van der Waals surface area contributed by atoms with Gasteiger partial charge in [-0.15, -0.1) is 0 Å². The lowest BCUT2D eigenvalue weighted by Gasteiger charge is -2.35. The molecule has 0 radical (unpaired) electrons. The Balaban J connectivity index is 1.42. The van der Waals surface area contributed by atoms with Gasteiger partial charge in [-0.25, -0.2) is 0 Å². The SMILES string of the molecule is CN(C)C(=O)c1nsnc1N1CCN(CCCOc2ccccc2)CC1. The minimum Gasteiger partial charge on any atom is -0.494 e. The van der Waals surface area contributed by atoms with Crippen molar-refractivity contribution in [3.8, 4) is 5.75 Å². The fraction of sp³-hybridized carbons (Fsp3) is 0.500. The molecule has 1 aliphatic heterocycles. The molecule has 1 aromatic carbocycles. The number of para-hydroxylation sites is 1. The number of nitrogens with zero attached hydrogens (tertiary/aromatic N) is 5. The quantitative estimate of drug-likeness (QED) is 0.688. The predicted molar refractivity (Wildman–Crippen MR) is 103 cm³/mol. The van der Waals surface area contributed by atoms with Crippen molar-refractivity contribution in [2.75, 3.05) is 58.3 Å². The van der Waals surface area contributed by atoms with Crippen LogP contribution >= 0.6 is 11.7 Å². The van der Waals surface area contributed by atoms with Crippen LogP contribution in [-0.2, 0) is 0 Å². The first kappa shape index (κ1) is 18.6. The van der Waals surface area contributed by atoms with Crippen molar-refractivity contribution in [1.29, 1.82) is 0 Å². The Bertz CT molecular complexity index is 699. The number of benzene rings is 1. The molecule has 0 atom stereocenters. The van der Waals surface area contributed by atoms with Gasteiger partial charge in [0.2, 0.25) is 0 Å². The minimum atomic E-state index is -0.0887. The van der Waals surface area contributed by atoms with Gasteiger partial charge in [-0.2, -0.15) is 8.75 Å². The maximum absolute atomic E-state index is 12.2. The van der Waals surface area contributed by atoms with Crippen molar-refractivity contribution in [2.45, 2.75) is 6.42 Å². The molecule has 2 aromatic rings. The van der Waals surface area contributed by atoms with Crippen LogP contribution in [0, 0.1) is 0 Å². The van der Waals surface area contributed by atoms with Gasteiger partial charge in [-0.1, -0.05) is 18.2 Å². The minimum absolute atomic E-state index is 0.0887. The Labute approximate surface area is 158 Å². The standard InChI is InChI=1S/C18H25N5O2S/c1-21(2)18(24)16-17(20-26-19-16)23-12-10-22(11-13-23)9-6-14-25-15-7-4-3-5-8-15/h3-5,7-8H,6,9-14H2,1-2H3. The van der Waals surface area contributed by atoms with Crippen LogP contribution in [0.4, 0.5) is 5.82 Å². The highest BCUT2D eigenvalue weighted by atomic mass is 32.1. The van der Waals surface area contributed by atoms with E-state index < -0.39 is 0 Å². The summed E-state index contributed by atoms with van der Waals surface area (Å²) in [4.78, 5) is 18.3. The molecule has 1 amide bonds. The molecule has 7 nitrogen and oxygen atoms in total. The second-order valence-corrected chi connectivity index (χ2v) is 7.01. The van der Waals surface area contributed by atoms with Crippen molar-refractivity contribution < 1.29 is 9.53 Å². The van der Waals surface area contributed by atoms with Gasteiger partial charge in [0, 0.05) is 46.8 Å². The summed E-state index contributed by atoms with van der Waals surface area (Å²) >= 11 is 1.10. The fourth-order valence-corrected chi connectivity index (χ4v) is 3.48. The summed E-state index contributed by atoms with van der Waals surface area (Å²) in [5.74, 6) is 1.56. The summed E-state index contributed by atoms with van der Waals surface area (Å²) in [5.41, 5.74) is 0.463.